The first-order valence-electron chi connectivity index (χ1n) is 15.4. The van der Waals surface area contributed by atoms with Crippen LogP contribution >= 0.6 is 23.2 Å². The van der Waals surface area contributed by atoms with Crippen molar-refractivity contribution in [2.24, 2.45) is 0 Å². The van der Waals surface area contributed by atoms with Gasteiger partial charge in [-0.3, -0.25) is 4.98 Å². The topological polar surface area (TPSA) is 102 Å². The number of hydrogen-bond acceptors (Lipinski definition) is 9. The molecule has 11 heteroatoms. The molecule has 46 heavy (non-hydrogen) atoms. The lowest BCUT2D eigenvalue weighted by atomic mass is 9.98. The number of allylic oxidation sites excluding steroid dienone is 1. The molecule has 2 aromatic carbocycles. The molecule has 9 nitrogen and oxygen atoms in total. The van der Waals surface area contributed by atoms with Gasteiger partial charge in [-0.2, -0.15) is 0 Å². The summed E-state index contributed by atoms with van der Waals surface area (Å²) < 4.78 is 16.8. The number of hydrogen-bond donors (Lipinski definition) is 3. The number of nitrogens with one attached hydrogen (secondary N) is 3. The Balaban J connectivity index is 1.23. The molecular weight excluding hydrogens is 623 g/mol. The van der Waals surface area contributed by atoms with E-state index in [4.69, 9.17) is 47.4 Å². The monoisotopic (exact) mass is 660 g/mol. The molecule has 4 aromatic rings. The maximum absolute atomic E-state index is 7.07. The molecule has 2 aliphatic heterocycles. The Morgan fingerprint density at radius 2 is 1.59 bits per heavy atom. The van der Waals surface area contributed by atoms with Gasteiger partial charge in [0, 0.05) is 71.8 Å². The summed E-state index contributed by atoms with van der Waals surface area (Å²) in [4.78, 5) is 14.3. The lowest BCUT2D eigenvalue weighted by molar-refractivity contribution is 0.189. The van der Waals surface area contributed by atoms with E-state index >= 15 is 0 Å². The summed E-state index contributed by atoms with van der Waals surface area (Å²) in [6.07, 6.45) is 4.80. The zero-order valence-electron chi connectivity index (χ0n) is 26.0. The molecule has 240 valence electrons. The van der Waals surface area contributed by atoms with Crippen molar-refractivity contribution in [3.63, 3.8) is 0 Å². The zero-order chi connectivity index (χ0) is 32.0. The highest BCUT2D eigenvalue weighted by Crippen LogP contribution is 2.42. The molecule has 2 saturated heterocycles. The fourth-order valence-electron chi connectivity index (χ4n) is 5.87. The minimum atomic E-state index is 0.337. The molecule has 0 aliphatic carbocycles. The predicted molar refractivity (Wildman–Crippen MR) is 182 cm³/mol. The summed E-state index contributed by atoms with van der Waals surface area (Å²) in [5.41, 5.74) is 7.15. The van der Waals surface area contributed by atoms with Crippen molar-refractivity contribution in [2.75, 3.05) is 34.0 Å². The minimum Gasteiger partial charge on any atom is -0.481 e. The van der Waals surface area contributed by atoms with E-state index in [1.165, 1.54) is 0 Å². The Morgan fingerprint density at radius 1 is 0.891 bits per heavy atom. The maximum atomic E-state index is 7.07. The van der Waals surface area contributed by atoms with Crippen molar-refractivity contribution in [3.8, 4) is 45.4 Å². The van der Waals surface area contributed by atoms with Crippen LogP contribution in [-0.4, -0.2) is 61.0 Å². The van der Waals surface area contributed by atoms with E-state index in [1.54, 1.807) is 20.4 Å². The lowest BCUT2D eigenvalue weighted by Gasteiger charge is -2.16. The molecule has 2 aliphatic rings. The van der Waals surface area contributed by atoms with Crippen LogP contribution in [0.25, 0.3) is 33.6 Å². The average Bonchev–Trinajstić information content (AvgIpc) is 3.76. The van der Waals surface area contributed by atoms with Gasteiger partial charge in [-0.1, -0.05) is 72.2 Å². The Kier molecular flexibility index (Phi) is 10.4. The highest BCUT2D eigenvalue weighted by molar-refractivity contribution is 6.39. The van der Waals surface area contributed by atoms with Gasteiger partial charge >= 0.3 is 0 Å². The van der Waals surface area contributed by atoms with Crippen LogP contribution < -0.4 is 25.4 Å². The molecule has 3 N–H and O–H groups in total. The van der Waals surface area contributed by atoms with Gasteiger partial charge < -0.3 is 30.2 Å². The van der Waals surface area contributed by atoms with Gasteiger partial charge in [0.1, 0.15) is 5.69 Å². The fraction of sp³-hybridized carbons (Fsp3) is 0.343. The summed E-state index contributed by atoms with van der Waals surface area (Å²) in [6.45, 7) is 7.49. The molecule has 0 amide bonds. The van der Waals surface area contributed by atoms with Gasteiger partial charge in [0.05, 0.1) is 48.5 Å². The maximum Gasteiger partial charge on any atom is 0.237 e. The van der Waals surface area contributed by atoms with E-state index in [9.17, 15) is 0 Å². The average molecular weight is 662 g/mol. The fourth-order valence-corrected chi connectivity index (χ4v) is 6.52. The third kappa shape index (κ3) is 7.14. The molecule has 4 heterocycles. The van der Waals surface area contributed by atoms with E-state index in [1.807, 2.05) is 48.5 Å². The standard InChI is InChI=1S/C35H38Cl2N6O3/c1-21-10-12-23(41-21)17-38-18-31-35(45-3)43-30(19-40-31)28-9-5-7-26(33(28)37)25-6-4-8-27(32(25)36)29-13-11-22(34(42-29)44-2)16-39-24-14-15-46-20-24/h4-9,11,13,19,23-24,38-39,41H,1,10,12,14-18,20H2,2-3H3/t23-,24+/m0/s1. The largest absolute Gasteiger partial charge is 0.481 e. The van der Waals surface area contributed by atoms with Gasteiger partial charge in [0.25, 0.3) is 0 Å². The van der Waals surface area contributed by atoms with E-state index in [0.717, 1.165) is 78.2 Å². The first-order chi connectivity index (χ1) is 22.4. The Bertz CT molecular complexity index is 1710. The molecule has 2 atom stereocenters. The second-order valence-electron chi connectivity index (χ2n) is 11.5. The molecule has 2 aromatic heterocycles. The molecule has 0 radical (unpaired) electrons. The number of rotatable bonds is 12. The lowest BCUT2D eigenvalue weighted by Crippen LogP contribution is -2.33. The van der Waals surface area contributed by atoms with Crippen LogP contribution in [0.2, 0.25) is 10.0 Å². The van der Waals surface area contributed by atoms with Crippen LogP contribution in [0.5, 0.6) is 11.8 Å². The van der Waals surface area contributed by atoms with E-state index < -0.39 is 0 Å². The van der Waals surface area contributed by atoms with Crippen LogP contribution in [0, 0.1) is 0 Å². The van der Waals surface area contributed by atoms with Crippen LogP contribution in [0.4, 0.5) is 0 Å². The number of pyridine rings is 1. The molecule has 0 spiro atoms. The summed E-state index contributed by atoms with van der Waals surface area (Å²) in [7, 11) is 3.23. The van der Waals surface area contributed by atoms with Crippen LogP contribution in [0.15, 0.2) is 67.0 Å². The Morgan fingerprint density at radius 3 is 2.24 bits per heavy atom. The zero-order valence-corrected chi connectivity index (χ0v) is 27.5. The van der Waals surface area contributed by atoms with Gasteiger partial charge in [-0.25, -0.2) is 9.97 Å². The Hall–Kier alpha value is -3.73. The van der Waals surface area contributed by atoms with Crippen molar-refractivity contribution >= 4 is 23.2 Å². The first-order valence-corrected chi connectivity index (χ1v) is 16.2. The van der Waals surface area contributed by atoms with Crippen molar-refractivity contribution in [1.82, 2.24) is 30.9 Å². The second-order valence-corrected chi connectivity index (χ2v) is 12.2. The van der Waals surface area contributed by atoms with E-state index in [2.05, 4.69) is 27.5 Å². The van der Waals surface area contributed by atoms with Crippen molar-refractivity contribution < 1.29 is 14.2 Å². The van der Waals surface area contributed by atoms with Crippen LogP contribution in [0.3, 0.4) is 0 Å². The normalized spacial score (nSPS) is 17.7. The molecule has 0 bridgehead atoms. The highest BCUT2D eigenvalue weighted by atomic mass is 35.5. The first kappa shape index (κ1) is 32.2. The van der Waals surface area contributed by atoms with Gasteiger partial charge in [0.15, 0.2) is 0 Å². The Labute approximate surface area is 279 Å². The van der Waals surface area contributed by atoms with E-state index in [-0.39, 0.29) is 0 Å². The van der Waals surface area contributed by atoms with Gasteiger partial charge in [-0.05, 0) is 25.3 Å². The second kappa shape index (κ2) is 14.8. The van der Waals surface area contributed by atoms with Crippen LogP contribution in [0.1, 0.15) is 30.5 Å². The van der Waals surface area contributed by atoms with E-state index in [0.29, 0.717) is 58.4 Å². The molecule has 2 fully saturated rings. The molecular formula is C35H38Cl2N6O3. The van der Waals surface area contributed by atoms with Crippen molar-refractivity contribution in [3.05, 3.63) is 88.3 Å². The third-order valence-corrected chi connectivity index (χ3v) is 9.19. The summed E-state index contributed by atoms with van der Waals surface area (Å²) >= 11 is 14.1. The van der Waals surface area contributed by atoms with Gasteiger partial charge in [-0.15, -0.1) is 0 Å². The summed E-state index contributed by atoms with van der Waals surface area (Å²) in [5.74, 6) is 1.00. The van der Waals surface area contributed by atoms with Gasteiger partial charge in [0.2, 0.25) is 11.8 Å². The number of aromatic nitrogens is 3. The third-order valence-electron chi connectivity index (χ3n) is 8.37. The quantitative estimate of drug-likeness (QED) is 0.159. The molecule has 6 rings (SSSR count). The minimum absolute atomic E-state index is 0.337. The molecule has 0 saturated carbocycles. The number of nitrogens with zero attached hydrogens (tertiary/aromatic N) is 3. The SMILES string of the molecule is C=C1CC[C@@H](CNCc2ncc(-c3cccc(-c4cccc(-c5ccc(CN[C@@H]6CCOC6)c(OC)n5)c4Cl)c3Cl)nc2OC)N1. The summed E-state index contributed by atoms with van der Waals surface area (Å²) in [5, 5.41) is 11.4. The van der Waals surface area contributed by atoms with Crippen LogP contribution in [-0.2, 0) is 17.8 Å². The van der Waals surface area contributed by atoms with Crippen molar-refractivity contribution in [1.29, 1.82) is 0 Å². The summed E-state index contributed by atoms with van der Waals surface area (Å²) in [6, 6.07) is 16.3. The number of halogens is 2. The van der Waals surface area contributed by atoms with Crippen molar-refractivity contribution in [2.45, 2.75) is 44.4 Å². The molecule has 0 unspecified atom stereocenters. The number of ether oxygens (including phenoxy) is 3. The number of methoxy groups -OCH3 is 2. The smallest absolute Gasteiger partial charge is 0.237 e. The predicted octanol–water partition coefficient (Wildman–Crippen LogP) is 6.43. The highest BCUT2D eigenvalue weighted by Gasteiger charge is 2.21. The number of benzene rings is 2.